The van der Waals surface area contributed by atoms with Gasteiger partial charge in [-0.3, -0.25) is 13.9 Å². The van der Waals surface area contributed by atoms with Gasteiger partial charge in [0.1, 0.15) is 18.3 Å². The number of amides is 2. The summed E-state index contributed by atoms with van der Waals surface area (Å²) in [6.45, 7) is 3.77. The Balaban J connectivity index is 1.83. The molecule has 0 heterocycles. The summed E-state index contributed by atoms with van der Waals surface area (Å²) in [5, 5.41) is 3.41. The highest BCUT2D eigenvalue weighted by molar-refractivity contribution is 7.92. The van der Waals surface area contributed by atoms with E-state index in [0.29, 0.717) is 17.1 Å². The lowest BCUT2D eigenvalue weighted by Gasteiger charge is -2.34. The van der Waals surface area contributed by atoms with Crippen LogP contribution in [0.3, 0.4) is 0 Å². The molecule has 236 valence electrons. The maximum absolute atomic E-state index is 14.6. The number of nitrogens with one attached hydrogen (secondary N) is 1. The first kappa shape index (κ1) is 33.6. The van der Waals surface area contributed by atoms with Crippen molar-refractivity contribution in [3.8, 4) is 5.75 Å². The highest BCUT2D eigenvalue weighted by Crippen LogP contribution is 2.33. The van der Waals surface area contributed by atoms with Crippen LogP contribution < -0.4 is 14.4 Å². The normalized spacial score (nSPS) is 11.9. The zero-order chi connectivity index (χ0) is 32.4. The predicted molar refractivity (Wildman–Crippen MR) is 178 cm³/mol. The van der Waals surface area contributed by atoms with E-state index in [4.69, 9.17) is 16.3 Å². The number of nitrogens with zero attached hydrogens (tertiary/aromatic N) is 2. The molecule has 1 N–H and O–H groups in total. The molecule has 4 rings (SSSR count). The third kappa shape index (κ3) is 8.65. The summed E-state index contributed by atoms with van der Waals surface area (Å²) in [6.07, 6.45) is 0.209. The molecule has 0 aromatic heterocycles. The van der Waals surface area contributed by atoms with Crippen molar-refractivity contribution in [2.24, 2.45) is 5.92 Å². The predicted octanol–water partition coefficient (Wildman–Crippen LogP) is 5.96. The zero-order valence-electron chi connectivity index (χ0n) is 25.6. The monoisotopic (exact) mass is 647 g/mol. The average Bonchev–Trinajstić information content (AvgIpc) is 3.05. The third-order valence-electron chi connectivity index (χ3n) is 7.22. The summed E-state index contributed by atoms with van der Waals surface area (Å²) < 4.78 is 34.8. The molecule has 0 fully saturated rings. The van der Waals surface area contributed by atoms with Gasteiger partial charge in [0.25, 0.3) is 10.0 Å². The highest BCUT2D eigenvalue weighted by atomic mass is 35.5. The van der Waals surface area contributed by atoms with Crippen molar-refractivity contribution in [1.29, 1.82) is 0 Å². The maximum Gasteiger partial charge on any atom is 0.264 e. The maximum atomic E-state index is 14.6. The summed E-state index contributed by atoms with van der Waals surface area (Å²) in [4.78, 5) is 29.8. The fraction of sp³-hybridized carbons (Fsp3) is 0.257. The van der Waals surface area contributed by atoms with Crippen molar-refractivity contribution in [1.82, 2.24) is 10.2 Å². The Kier molecular flexibility index (Phi) is 11.6. The van der Waals surface area contributed by atoms with Gasteiger partial charge in [-0.2, -0.15) is 0 Å². The number of ether oxygens (including phenoxy) is 1. The molecule has 2 amide bonds. The van der Waals surface area contributed by atoms with E-state index < -0.39 is 28.5 Å². The van der Waals surface area contributed by atoms with Crippen LogP contribution in [0.4, 0.5) is 5.69 Å². The molecule has 0 spiro atoms. The summed E-state index contributed by atoms with van der Waals surface area (Å²) in [5.41, 5.74) is 1.66. The molecule has 45 heavy (non-hydrogen) atoms. The molecule has 0 unspecified atom stereocenters. The molecule has 0 bridgehead atoms. The van der Waals surface area contributed by atoms with Crippen LogP contribution in [0.15, 0.2) is 114 Å². The molecule has 4 aromatic carbocycles. The van der Waals surface area contributed by atoms with Crippen LogP contribution in [0.5, 0.6) is 5.75 Å². The van der Waals surface area contributed by atoms with Gasteiger partial charge in [-0.25, -0.2) is 8.42 Å². The van der Waals surface area contributed by atoms with Crippen LogP contribution >= 0.6 is 11.6 Å². The van der Waals surface area contributed by atoms with Gasteiger partial charge < -0.3 is 15.0 Å². The first-order valence-electron chi connectivity index (χ1n) is 14.7. The fourth-order valence-electron chi connectivity index (χ4n) is 4.86. The Morgan fingerprint density at radius 3 is 2.09 bits per heavy atom. The van der Waals surface area contributed by atoms with E-state index >= 15 is 0 Å². The van der Waals surface area contributed by atoms with Crippen LogP contribution in [0.25, 0.3) is 0 Å². The van der Waals surface area contributed by atoms with E-state index in [9.17, 15) is 18.0 Å². The number of carbonyl (C=O) groups excluding carboxylic acids is 2. The second-order valence-electron chi connectivity index (χ2n) is 11.0. The highest BCUT2D eigenvalue weighted by Gasteiger charge is 2.35. The fourth-order valence-corrected chi connectivity index (χ4v) is 6.50. The third-order valence-corrected chi connectivity index (χ3v) is 9.36. The number of halogens is 1. The molecule has 0 aliphatic heterocycles. The molecule has 0 aliphatic rings. The number of anilines is 1. The van der Waals surface area contributed by atoms with Crippen molar-refractivity contribution >= 4 is 39.1 Å². The molecule has 1 atom stereocenters. The van der Waals surface area contributed by atoms with E-state index in [0.717, 1.165) is 9.87 Å². The molecule has 0 radical (unpaired) electrons. The zero-order valence-corrected chi connectivity index (χ0v) is 27.2. The molecule has 10 heteroatoms. The van der Waals surface area contributed by atoms with E-state index in [2.05, 4.69) is 5.32 Å². The van der Waals surface area contributed by atoms with Gasteiger partial charge in [-0.05, 0) is 47.4 Å². The van der Waals surface area contributed by atoms with Crippen molar-refractivity contribution in [2.75, 3.05) is 24.5 Å². The number of hydrogen-bond donors (Lipinski definition) is 1. The second kappa shape index (κ2) is 15.6. The van der Waals surface area contributed by atoms with Gasteiger partial charge in [-0.15, -0.1) is 0 Å². The van der Waals surface area contributed by atoms with Gasteiger partial charge >= 0.3 is 0 Å². The van der Waals surface area contributed by atoms with E-state index in [-0.39, 0.29) is 41.1 Å². The molecule has 8 nitrogen and oxygen atoms in total. The largest absolute Gasteiger partial charge is 0.495 e. The number of hydrogen-bond acceptors (Lipinski definition) is 5. The van der Waals surface area contributed by atoms with E-state index in [1.165, 1.54) is 24.1 Å². The molecular formula is C35H38ClN3O5S. The lowest BCUT2D eigenvalue weighted by Crippen LogP contribution is -2.53. The average molecular weight is 648 g/mol. The van der Waals surface area contributed by atoms with Gasteiger partial charge in [0.05, 0.1) is 17.7 Å². The molecule has 4 aromatic rings. The minimum atomic E-state index is -4.24. The second-order valence-corrected chi connectivity index (χ2v) is 13.2. The Morgan fingerprint density at radius 2 is 1.44 bits per heavy atom. The smallest absolute Gasteiger partial charge is 0.264 e. The van der Waals surface area contributed by atoms with Crippen molar-refractivity contribution in [3.05, 3.63) is 125 Å². The summed E-state index contributed by atoms with van der Waals surface area (Å²) in [7, 11) is -2.81. The quantitative estimate of drug-likeness (QED) is 0.182. The van der Waals surface area contributed by atoms with E-state index in [1.54, 1.807) is 66.7 Å². The van der Waals surface area contributed by atoms with Crippen LogP contribution in [-0.4, -0.2) is 51.4 Å². The van der Waals surface area contributed by atoms with Crippen LogP contribution in [-0.2, 0) is 32.6 Å². The molecule has 0 aliphatic carbocycles. The van der Waals surface area contributed by atoms with E-state index in [1.807, 2.05) is 44.2 Å². The SMILES string of the molecule is COc1ccccc1N(CC(=O)N(Cc1ccccc1Cl)[C@@H](Cc1ccccc1)C(=O)NCC(C)C)S(=O)(=O)c1ccccc1. The number of sulfonamides is 1. The molecule has 0 saturated heterocycles. The minimum Gasteiger partial charge on any atom is -0.495 e. The van der Waals surface area contributed by atoms with Gasteiger partial charge in [-0.1, -0.05) is 104 Å². The number of carbonyl (C=O) groups is 2. The van der Waals surface area contributed by atoms with Crippen LogP contribution in [0, 0.1) is 5.92 Å². The van der Waals surface area contributed by atoms with Crippen LogP contribution in [0.2, 0.25) is 5.02 Å². The first-order chi connectivity index (χ1) is 21.6. The van der Waals surface area contributed by atoms with Crippen LogP contribution in [0.1, 0.15) is 25.0 Å². The number of benzene rings is 4. The summed E-state index contributed by atoms with van der Waals surface area (Å²) in [5.74, 6) is -0.474. The number of para-hydroxylation sites is 2. The van der Waals surface area contributed by atoms with Gasteiger partial charge in [0.2, 0.25) is 11.8 Å². The van der Waals surface area contributed by atoms with Gasteiger partial charge in [0.15, 0.2) is 0 Å². The Labute approximate surface area is 270 Å². The summed E-state index contributed by atoms with van der Waals surface area (Å²) >= 11 is 6.55. The molecular weight excluding hydrogens is 610 g/mol. The standard InChI is InChI=1S/C35H38ClN3O5S/c1-26(2)23-37-35(41)32(22-27-14-6-4-7-15-27)38(24-28-16-10-11-19-30(28)36)34(40)25-39(31-20-12-13-21-33(31)44-3)45(42,43)29-17-8-5-9-18-29/h4-21,26,32H,22-25H2,1-3H3,(H,37,41)/t32-/m0/s1. The number of rotatable bonds is 14. The summed E-state index contributed by atoms with van der Waals surface area (Å²) in [6, 6.07) is 30.0. The van der Waals surface area contributed by atoms with Crippen molar-refractivity contribution in [2.45, 2.75) is 37.8 Å². The Morgan fingerprint density at radius 1 is 0.844 bits per heavy atom. The van der Waals surface area contributed by atoms with Crippen molar-refractivity contribution in [3.63, 3.8) is 0 Å². The lowest BCUT2D eigenvalue weighted by molar-refractivity contribution is -0.140. The first-order valence-corrected chi connectivity index (χ1v) is 16.5. The number of methoxy groups -OCH3 is 1. The molecule has 0 saturated carbocycles. The minimum absolute atomic E-state index is 0.0110. The van der Waals surface area contributed by atoms with Gasteiger partial charge in [0, 0.05) is 24.5 Å². The Bertz CT molecular complexity index is 1680. The lowest BCUT2D eigenvalue weighted by atomic mass is 10.0. The topological polar surface area (TPSA) is 96.0 Å². The van der Waals surface area contributed by atoms with Crippen molar-refractivity contribution < 1.29 is 22.7 Å². The Hall–Kier alpha value is -4.34.